The lowest BCUT2D eigenvalue weighted by Gasteiger charge is -2.25. The summed E-state index contributed by atoms with van der Waals surface area (Å²) in [5.74, 6) is -0.299. The molecule has 2 aromatic carbocycles. The fraction of sp³-hybridized carbons (Fsp3) is 0.143. The Kier molecular flexibility index (Phi) is 5.76. The van der Waals surface area contributed by atoms with Crippen molar-refractivity contribution in [1.82, 2.24) is 4.98 Å². The predicted octanol–water partition coefficient (Wildman–Crippen LogP) is 4.36. The zero-order chi connectivity index (χ0) is 19.2. The molecular formula is C21H18F2N2O2. The number of benzene rings is 2. The summed E-state index contributed by atoms with van der Waals surface area (Å²) in [7, 11) is 0. The molecule has 0 radical (unpaired) electrons. The van der Waals surface area contributed by atoms with E-state index in [4.69, 9.17) is 4.74 Å². The maximum atomic E-state index is 13.5. The van der Waals surface area contributed by atoms with Gasteiger partial charge in [0.05, 0.1) is 6.54 Å². The first kappa shape index (κ1) is 18.5. The van der Waals surface area contributed by atoms with E-state index in [1.54, 1.807) is 43.5 Å². The van der Waals surface area contributed by atoms with E-state index in [0.717, 1.165) is 0 Å². The highest BCUT2D eigenvalue weighted by Gasteiger charge is 2.24. The highest BCUT2D eigenvalue weighted by molar-refractivity contribution is 5.95. The van der Waals surface area contributed by atoms with Gasteiger partial charge >= 0.3 is 0 Å². The topological polar surface area (TPSA) is 42.4 Å². The molecule has 4 nitrogen and oxygen atoms in total. The minimum Gasteiger partial charge on any atom is -0.481 e. The molecule has 0 spiro atoms. The van der Waals surface area contributed by atoms with Gasteiger partial charge in [-0.2, -0.15) is 0 Å². The SMILES string of the molecule is CC(Oc1ccc(F)cc1)C(=O)N(Cc1cccc(F)c1)c1ccccn1. The van der Waals surface area contributed by atoms with Gasteiger partial charge in [-0.25, -0.2) is 13.8 Å². The molecule has 3 rings (SSSR count). The molecule has 138 valence electrons. The van der Waals surface area contributed by atoms with E-state index in [-0.39, 0.29) is 24.1 Å². The van der Waals surface area contributed by atoms with Gasteiger partial charge in [-0.1, -0.05) is 18.2 Å². The van der Waals surface area contributed by atoms with E-state index in [1.807, 2.05) is 0 Å². The molecule has 0 bridgehead atoms. The average molecular weight is 368 g/mol. The maximum Gasteiger partial charge on any atom is 0.269 e. The second kappa shape index (κ2) is 8.40. The first-order valence-corrected chi connectivity index (χ1v) is 8.42. The smallest absolute Gasteiger partial charge is 0.269 e. The molecule has 0 aliphatic heterocycles. The van der Waals surface area contributed by atoms with Crippen molar-refractivity contribution in [3.63, 3.8) is 0 Å². The van der Waals surface area contributed by atoms with E-state index >= 15 is 0 Å². The molecule has 6 heteroatoms. The van der Waals surface area contributed by atoms with Crippen LogP contribution in [0, 0.1) is 11.6 Å². The quantitative estimate of drug-likeness (QED) is 0.649. The third-order valence-electron chi connectivity index (χ3n) is 3.90. The third-order valence-corrected chi connectivity index (χ3v) is 3.90. The molecule has 1 atom stereocenters. The van der Waals surface area contributed by atoms with Crippen LogP contribution in [-0.2, 0) is 11.3 Å². The lowest BCUT2D eigenvalue weighted by Crippen LogP contribution is -2.40. The Balaban J connectivity index is 1.82. The monoisotopic (exact) mass is 368 g/mol. The van der Waals surface area contributed by atoms with Gasteiger partial charge in [-0.15, -0.1) is 0 Å². The standard InChI is InChI=1S/C21H18F2N2O2/c1-15(27-19-10-8-17(22)9-11-19)21(26)25(20-7-2-3-12-24-20)14-16-5-4-6-18(23)13-16/h2-13,15H,14H2,1H3. The van der Waals surface area contributed by atoms with Crippen LogP contribution in [0.3, 0.4) is 0 Å². The van der Waals surface area contributed by atoms with Crippen LogP contribution in [0.4, 0.5) is 14.6 Å². The largest absolute Gasteiger partial charge is 0.481 e. The Morgan fingerprint density at radius 2 is 1.81 bits per heavy atom. The van der Waals surface area contributed by atoms with Crippen molar-refractivity contribution in [3.8, 4) is 5.75 Å². The summed E-state index contributed by atoms with van der Waals surface area (Å²) in [4.78, 5) is 18.7. The molecule has 0 saturated carbocycles. The van der Waals surface area contributed by atoms with E-state index in [9.17, 15) is 13.6 Å². The molecule has 27 heavy (non-hydrogen) atoms. The zero-order valence-corrected chi connectivity index (χ0v) is 14.7. The summed E-state index contributed by atoms with van der Waals surface area (Å²) in [6.45, 7) is 1.75. The number of ether oxygens (including phenoxy) is 1. The van der Waals surface area contributed by atoms with Crippen molar-refractivity contribution >= 4 is 11.7 Å². The van der Waals surface area contributed by atoms with Gasteiger partial charge in [-0.3, -0.25) is 9.69 Å². The van der Waals surface area contributed by atoms with Crippen LogP contribution in [0.1, 0.15) is 12.5 Å². The molecule has 1 aromatic heterocycles. The van der Waals surface area contributed by atoms with Crippen molar-refractivity contribution in [3.05, 3.63) is 90.1 Å². The van der Waals surface area contributed by atoms with E-state index in [1.165, 1.54) is 41.3 Å². The van der Waals surface area contributed by atoms with Crippen LogP contribution in [0.5, 0.6) is 5.75 Å². The number of nitrogens with zero attached hydrogens (tertiary/aromatic N) is 2. The lowest BCUT2D eigenvalue weighted by molar-refractivity contribution is -0.124. The van der Waals surface area contributed by atoms with Gasteiger partial charge in [0.1, 0.15) is 23.2 Å². The van der Waals surface area contributed by atoms with Crippen LogP contribution in [0.2, 0.25) is 0 Å². The number of carbonyl (C=O) groups excluding carboxylic acids is 1. The van der Waals surface area contributed by atoms with Crippen molar-refractivity contribution in [2.24, 2.45) is 0 Å². The third kappa shape index (κ3) is 4.88. The summed E-state index contributed by atoms with van der Waals surface area (Å²) in [5, 5.41) is 0. The second-order valence-corrected chi connectivity index (χ2v) is 5.96. The number of anilines is 1. The number of rotatable bonds is 6. The Bertz CT molecular complexity index is 902. The molecular weight excluding hydrogens is 350 g/mol. The molecule has 1 unspecified atom stereocenters. The summed E-state index contributed by atoms with van der Waals surface area (Å²) < 4.78 is 32.2. The Hall–Kier alpha value is -3.28. The first-order valence-electron chi connectivity index (χ1n) is 8.42. The molecule has 0 N–H and O–H groups in total. The highest BCUT2D eigenvalue weighted by Crippen LogP contribution is 2.19. The second-order valence-electron chi connectivity index (χ2n) is 5.96. The molecule has 0 aliphatic carbocycles. The maximum absolute atomic E-state index is 13.5. The number of amides is 1. The van der Waals surface area contributed by atoms with Crippen LogP contribution < -0.4 is 9.64 Å². The van der Waals surface area contributed by atoms with Crippen molar-refractivity contribution in [2.75, 3.05) is 4.90 Å². The summed E-state index contributed by atoms with van der Waals surface area (Å²) in [6, 6.07) is 16.7. The number of pyridine rings is 1. The van der Waals surface area contributed by atoms with Gasteiger partial charge in [0.2, 0.25) is 0 Å². The van der Waals surface area contributed by atoms with E-state index in [0.29, 0.717) is 17.1 Å². The van der Waals surface area contributed by atoms with E-state index < -0.39 is 6.10 Å². The van der Waals surface area contributed by atoms with Crippen LogP contribution in [-0.4, -0.2) is 17.0 Å². The summed E-state index contributed by atoms with van der Waals surface area (Å²) in [5.41, 5.74) is 0.628. The van der Waals surface area contributed by atoms with Gasteiger partial charge in [0.25, 0.3) is 5.91 Å². The van der Waals surface area contributed by atoms with Crippen molar-refractivity contribution in [2.45, 2.75) is 19.6 Å². The van der Waals surface area contributed by atoms with Crippen LogP contribution in [0.15, 0.2) is 72.9 Å². The van der Waals surface area contributed by atoms with Crippen molar-refractivity contribution < 1.29 is 18.3 Å². The lowest BCUT2D eigenvalue weighted by atomic mass is 10.2. The van der Waals surface area contributed by atoms with Crippen molar-refractivity contribution in [1.29, 1.82) is 0 Å². The molecule has 0 fully saturated rings. The van der Waals surface area contributed by atoms with E-state index in [2.05, 4.69) is 4.98 Å². The number of carbonyl (C=O) groups is 1. The van der Waals surface area contributed by atoms with Gasteiger partial charge in [-0.05, 0) is 61.0 Å². The minimum absolute atomic E-state index is 0.144. The van der Waals surface area contributed by atoms with Gasteiger partial charge < -0.3 is 4.74 Å². The number of hydrogen-bond acceptors (Lipinski definition) is 3. The number of hydrogen-bond donors (Lipinski definition) is 0. The predicted molar refractivity (Wildman–Crippen MR) is 98.3 cm³/mol. The Morgan fingerprint density at radius 1 is 1.04 bits per heavy atom. The number of aromatic nitrogens is 1. The Labute approximate surface area is 156 Å². The molecule has 0 aliphatic rings. The normalized spacial score (nSPS) is 11.7. The summed E-state index contributed by atoms with van der Waals surface area (Å²) >= 11 is 0. The summed E-state index contributed by atoms with van der Waals surface area (Å²) in [6.07, 6.45) is 0.734. The highest BCUT2D eigenvalue weighted by atomic mass is 19.1. The molecule has 1 amide bonds. The van der Waals surface area contributed by atoms with Gasteiger partial charge in [0, 0.05) is 6.20 Å². The molecule has 3 aromatic rings. The van der Waals surface area contributed by atoms with Crippen LogP contribution >= 0.6 is 0 Å². The first-order chi connectivity index (χ1) is 13.0. The van der Waals surface area contributed by atoms with Gasteiger partial charge in [0.15, 0.2) is 6.10 Å². The van der Waals surface area contributed by atoms with Crippen LogP contribution in [0.25, 0.3) is 0 Å². The molecule has 1 heterocycles. The fourth-order valence-corrected chi connectivity index (χ4v) is 2.59. The Morgan fingerprint density at radius 3 is 2.48 bits per heavy atom. The zero-order valence-electron chi connectivity index (χ0n) is 14.7. The molecule has 0 saturated heterocycles. The number of halogens is 2. The average Bonchev–Trinajstić information content (AvgIpc) is 2.68. The fourth-order valence-electron chi connectivity index (χ4n) is 2.59. The minimum atomic E-state index is -0.842.